The highest BCUT2D eigenvalue weighted by molar-refractivity contribution is 14.0. The molecule has 0 bridgehead atoms. The standard InChI is InChI=1S/C17H23N5O.HI/c1-3-23-16-14(7-6-11-20-16)13-22-17(18-2)21-12-9-15-8-4-5-10-19-15;/h4-8,10-11H,3,9,12-13H2,1-2H3,(H2,18,21,22);1H. The molecular formula is C17H24IN5O. The minimum atomic E-state index is 0. The minimum absolute atomic E-state index is 0. The molecular weight excluding hydrogens is 417 g/mol. The number of aromatic nitrogens is 2. The Morgan fingerprint density at radius 2 is 1.96 bits per heavy atom. The number of pyridine rings is 2. The molecule has 0 aliphatic heterocycles. The fraction of sp³-hybridized carbons (Fsp3) is 0.353. The van der Waals surface area contributed by atoms with E-state index >= 15 is 0 Å². The van der Waals surface area contributed by atoms with Crippen molar-refractivity contribution in [2.45, 2.75) is 19.9 Å². The summed E-state index contributed by atoms with van der Waals surface area (Å²) in [6.07, 6.45) is 4.38. The average Bonchev–Trinajstić information content (AvgIpc) is 2.60. The summed E-state index contributed by atoms with van der Waals surface area (Å²) in [6.45, 7) is 3.92. The van der Waals surface area contributed by atoms with Gasteiger partial charge in [0.15, 0.2) is 5.96 Å². The molecule has 2 rings (SSSR count). The molecule has 2 heterocycles. The third-order valence-electron chi connectivity index (χ3n) is 3.20. The third kappa shape index (κ3) is 6.69. The summed E-state index contributed by atoms with van der Waals surface area (Å²) in [4.78, 5) is 12.8. The normalized spacial score (nSPS) is 10.7. The van der Waals surface area contributed by atoms with Gasteiger partial charge in [-0.2, -0.15) is 0 Å². The first-order valence-corrected chi connectivity index (χ1v) is 7.74. The van der Waals surface area contributed by atoms with Gasteiger partial charge in [-0.25, -0.2) is 4.98 Å². The fourth-order valence-electron chi connectivity index (χ4n) is 2.08. The average molecular weight is 441 g/mol. The molecule has 2 N–H and O–H groups in total. The lowest BCUT2D eigenvalue weighted by molar-refractivity contribution is 0.322. The Morgan fingerprint density at radius 3 is 2.67 bits per heavy atom. The topological polar surface area (TPSA) is 71.4 Å². The number of halogens is 1. The van der Waals surface area contributed by atoms with Crippen molar-refractivity contribution in [3.05, 3.63) is 54.0 Å². The van der Waals surface area contributed by atoms with Crippen LogP contribution in [0.15, 0.2) is 47.7 Å². The third-order valence-corrected chi connectivity index (χ3v) is 3.20. The van der Waals surface area contributed by atoms with Crippen LogP contribution < -0.4 is 15.4 Å². The van der Waals surface area contributed by atoms with Gasteiger partial charge in [-0.3, -0.25) is 9.98 Å². The zero-order chi connectivity index (χ0) is 16.3. The molecule has 0 fully saturated rings. The van der Waals surface area contributed by atoms with Gasteiger partial charge in [0, 0.05) is 50.2 Å². The summed E-state index contributed by atoms with van der Waals surface area (Å²) in [5.41, 5.74) is 2.06. The van der Waals surface area contributed by atoms with Gasteiger partial charge in [0.1, 0.15) is 0 Å². The van der Waals surface area contributed by atoms with E-state index in [1.54, 1.807) is 19.4 Å². The van der Waals surface area contributed by atoms with Crippen LogP contribution in [0.5, 0.6) is 5.88 Å². The minimum Gasteiger partial charge on any atom is -0.478 e. The summed E-state index contributed by atoms with van der Waals surface area (Å²) in [7, 11) is 1.75. The highest BCUT2D eigenvalue weighted by Gasteiger charge is 2.05. The Hall–Kier alpha value is -1.90. The summed E-state index contributed by atoms with van der Waals surface area (Å²) in [5.74, 6) is 1.40. The van der Waals surface area contributed by atoms with Gasteiger partial charge < -0.3 is 15.4 Å². The first-order valence-electron chi connectivity index (χ1n) is 7.74. The predicted octanol–water partition coefficient (Wildman–Crippen LogP) is 2.40. The van der Waals surface area contributed by atoms with Crippen molar-refractivity contribution < 1.29 is 4.74 Å². The van der Waals surface area contributed by atoms with Crippen LogP contribution in [-0.2, 0) is 13.0 Å². The largest absolute Gasteiger partial charge is 0.478 e. The van der Waals surface area contributed by atoms with E-state index in [2.05, 4.69) is 25.6 Å². The summed E-state index contributed by atoms with van der Waals surface area (Å²) in [6, 6.07) is 9.82. The monoisotopic (exact) mass is 441 g/mol. The maximum Gasteiger partial charge on any atom is 0.218 e. The summed E-state index contributed by atoms with van der Waals surface area (Å²) >= 11 is 0. The van der Waals surface area contributed by atoms with Crippen LogP contribution in [0.2, 0.25) is 0 Å². The lowest BCUT2D eigenvalue weighted by Gasteiger charge is -2.13. The molecule has 0 amide bonds. The maximum absolute atomic E-state index is 5.52. The number of hydrogen-bond donors (Lipinski definition) is 2. The Kier molecular flexibility index (Phi) is 9.74. The maximum atomic E-state index is 5.52. The van der Waals surface area contributed by atoms with Crippen LogP contribution in [0, 0.1) is 0 Å². The van der Waals surface area contributed by atoms with Crippen LogP contribution in [0.1, 0.15) is 18.2 Å². The number of rotatable bonds is 7. The van der Waals surface area contributed by atoms with E-state index in [-0.39, 0.29) is 24.0 Å². The molecule has 24 heavy (non-hydrogen) atoms. The zero-order valence-electron chi connectivity index (χ0n) is 14.0. The van der Waals surface area contributed by atoms with Crippen LogP contribution in [0.25, 0.3) is 0 Å². The molecule has 0 atom stereocenters. The van der Waals surface area contributed by atoms with Crippen molar-refractivity contribution >= 4 is 29.9 Å². The van der Waals surface area contributed by atoms with Crippen molar-refractivity contribution in [1.82, 2.24) is 20.6 Å². The molecule has 0 unspecified atom stereocenters. The number of ether oxygens (including phenoxy) is 1. The lowest BCUT2D eigenvalue weighted by atomic mass is 10.2. The van der Waals surface area contributed by atoms with Crippen LogP contribution in [0.4, 0.5) is 0 Å². The van der Waals surface area contributed by atoms with E-state index in [1.807, 2.05) is 37.3 Å². The van der Waals surface area contributed by atoms with E-state index in [0.717, 1.165) is 30.2 Å². The van der Waals surface area contributed by atoms with Crippen LogP contribution in [-0.4, -0.2) is 36.1 Å². The van der Waals surface area contributed by atoms with Crippen molar-refractivity contribution in [1.29, 1.82) is 0 Å². The van der Waals surface area contributed by atoms with Gasteiger partial charge >= 0.3 is 0 Å². The van der Waals surface area contributed by atoms with Crippen molar-refractivity contribution in [2.75, 3.05) is 20.2 Å². The summed E-state index contributed by atoms with van der Waals surface area (Å²) in [5, 5.41) is 6.55. The predicted molar refractivity (Wildman–Crippen MR) is 107 cm³/mol. The number of guanidine groups is 1. The van der Waals surface area contributed by atoms with E-state index < -0.39 is 0 Å². The molecule has 0 saturated heterocycles. The first kappa shape index (κ1) is 20.1. The first-order chi connectivity index (χ1) is 11.3. The molecule has 7 heteroatoms. The van der Waals surface area contributed by atoms with Crippen LogP contribution in [0.3, 0.4) is 0 Å². The Labute approximate surface area is 160 Å². The van der Waals surface area contributed by atoms with Gasteiger partial charge in [0.2, 0.25) is 5.88 Å². The second-order valence-corrected chi connectivity index (χ2v) is 4.82. The van der Waals surface area contributed by atoms with Gasteiger partial charge in [-0.1, -0.05) is 12.1 Å². The number of aliphatic imine (C=N–C) groups is 1. The van der Waals surface area contributed by atoms with Crippen LogP contribution >= 0.6 is 24.0 Å². The smallest absolute Gasteiger partial charge is 0.218 e. The van der Waals surface area contributed by atoms with Crippen molar-refractivity contribution in [3.8, 4) is 5.88 Å². The van der Waals surface area contributed by atoms with E-state index in [1.165, 1.54) is 0 Å². The highest BCUT2D eigenvalue weighted by Crippen LogP contribution is 2.13. The molecule has 0 saturated carbocycles. The van der Waals surface area contributed by atoms with Crippen molar-refractivity contribution in [3.63, 3.8) is 0 Å². The number of hydrogen-bond acceptors (Lipinski definition) is 4. The Balaban J connectivity index is 0.00000288. The second kappa shape index (κ2) is 11.6. The number of nitrogens with zero attached hydrogens (tertiary/aromatic N) is 3. The highest BCUT2D eigenvalue weighted by atomic mass is 127. The molecule has 0 spiro atoms. The SMILES string of the molecule is CCOc1ncccc1CNC(=NC)NCCc1ccccn1.I. The molecule has 130 valence electrons. The molecule has 2 aromatic rings. The van der Waals surface area contributed by atoms with Crippen molar-refractivity contribution in [2.24, 2.45) is 4.99 Å². The van der Waals surface area contributed by atoms with E-state index in [0.29, 0.717) is 19.0 Å². The summed E-state index contributed by atoms with van der Waals surface area (Å²) < 4.78 is 5.52. The Bertz CT molecular complexity index is 621. The molecule has 6 nitrogen and oxygen atoms in total. The van der Waals surface area contributed by atoms with Gasteiger partial charge in [-0.05, 0) is 25.1 Å². The zero-order valence-corrected chi connectivity index (χ0v) is 16.4. The lowest BCUT2D eigenvalue weighted by Crippen LogP contribution is -2.38. The van der Waals surface area contributed by atoms with E-state index in [4.69, 9.17) is 4.74 Å². The molecule has 0 aliphatic rings. The second-order valence-electron chi connectivity index (χ2n) is 4.82. The van der Waals surface area contributed by atoms with Gasteiger partial charge in [0.05, 0.1) is 6.61 Å². The van der Waals surface area contributed by atoms with Gasteiger partial charge in [-0.15, -0.1) is 24.0 Å². The van der Waals surface area contributed by atoms with Gasteiger partial charge in [0.25, 0.3) is 0 Å². The molecule has 0 radical (unpaired) electrons. The molecule has 2 aromatic heterocycles. The number of nitrogens with one attached hydrogen (secondary N) is 2. The fourth-order valence-corrected chi connectivity index (χ4v) is 2.08. The quantitative estimate of drug-likeness (QED) is 0.393. The molecule has 0 aromatic carbocycles. The van der Waals surface area contributed by atoms with E-state index in [9.17, 15) is 0 Å². The Morgan fingerprint density at radius 1 is 1.12 bits per heavy atom. The molecule has 0 aliphatic carbocycles.